The molecule has 3 rings (SSSR count). The molecule has 3 nitrogen and oxygen atoms in total. The lowest BCUT2D eigenvalue weighted by atomic mass is 10.0. The summed E-state index contributed by atoms with van der Waals surface area (Å²) in [4.78, 5) is 12.4. The van der Waals surface area contributed by atoms with Crippen LogP contribution in [0.1, 0.15) is 36.9 Å². The van der Waals surface area contributed by atoms with Crippen molar-refractivity contribution >= 4 is 5.91 Å². The van der Waals surface area contributed by atoms with Gasteiger partial charge in [0.2, 0.25) is 5.91 Å². The van der Waals surface area contributed by atoms with Crippen LogP contribution in [0.15, 0.2) is 60.7 Å². The number of rotatable bonds is 7. The summed E-state index contributed by atoms with van der Waals surface area (Å²) in [6.45, 7) is 2.27. The van der Waals surface area contributed by atoms with Crippen molar-refractivity contribution in [2.75, 3.05) is 0 Å². The first-order valence-electron chi connectivity index (χ1n) is 8.25. The molecule has 1 saturated carbocycles. The molecular formula is C20H23NO2. The van der Waals surface area contributed by atoms with Crippen molar-refractivity contribution in [2.45, 2.75) is 38.5 Å². The van der Waals surface area contributed by atoms with Crippen LogP contribution in [0.2, 0.25) is 0 Å². The molecule has 1 amide bonds. The molecule has 0 aliphatic heterocycles. The Kier molecular flexibility index (Phi) is 5.09. The highest BCUT2D eigenvalue weighted by Crippen LogP contribution is 2.40. The normalized spacial score (nSPS) is 16.6. The first kappa shape index (κ1) is 15.8. The van der Waals surface area contributed by atoms with Crippen molar-refractivity contribution in [1.29, 1.82) is 0 Å². The van der Waals surface area contributed by atoms with Gasteiger partial charge in [-0.15, -0.1) is 0 Å². The van der Waals surface area contributed by atoms with Crippen LogP contribution < -0.4 is 5.32 Å². The molecule has 0 radical (unpaired) electrons. The maximum atomic E-state index is 12.4. The highest BCUT2D eigenvalue weighted by molar-refractivity contribution is 5.80. The molecular weight excluding hydrogens is 286 g/mol. The molecule has 2 aromatic carbocycles. The van der Waals surface area contributed by atoms with Crippen LogP contribution in [-0.2, 0) is 16.1 Å². The van der Waals surface area contributed by atoms with Crippen LogP contribution in [0.4, 0.5) is 0 Å². The lowest BCUT2D eigenvalue weighted by Gasteiger charge is -2.21. The van der Waals surface area contributed by atoms with Gasteiger partial charge in [0.25, 0.3) is 0 Å². The van der Waals surface area contributed by atoms with Gasteiger partial charge < -0.3 is 10.1 Å². The van der Waals surface area contributed by atoms with Gasteiger partial charge in [-0.05, 0) is 36.8 Å². The van der Waals surface area contributed by atoms with E-state index < -0.39 is 6.10 Å². The number of hydrogen-bond acceptors (Lipinski definition) is 2. The molecule has 1 fully saturated rings. The third-order valence-corrected chi connectivity index (χ3v) is 4.26. The van der Waals surface area contributed by atoms with Crippen molar-refractivity contribution in [3.05, 3.63) is 71.8 Å². The molecule has 23 heavy (non-hydrogen) atoms. The van der Waals surface area contributed by atoms with Crippen molar-refractivity contribution in [3.63, 3.8) is 0 Å². The second kappa shape index (κ2) is 7.42. The van der Waals surface area contributed by atoms with Gasteiger partial charge in [0, 0.05) is 0 Å². The Bertz CT molecular complexity index is 623. The summed E-state index contributed by atoms with van der Waals surface area (Å²) in [7, 11) is 0. The van der Waals surface area contributed by atoms with Gasteiger partial charge in [-0.2, -0.15) is 0 Å². The topological polar surface area (TPSA) is 38.3 Å². The van der Waals surface area contributed by atoms with E-state index in [1.807, 2.05) is 55.5 Å². The van der Waals surface area contributed by atoms with Gasteiger partial charge in [-0.1, -0.05) is 60.7 Å². The minimum atomic E-state index is -0.458. The van der Waals surface area contributed by atoms with Gasteiger partial charge in [-0.3, -0.25) is 4.79 Å². The smallest absolute Gasteiger partial charge is 0.249 e. The number of carbonyl (C=O) groups is 1. The van der Waals surface area contributed by atoms with Crippen LogP contribution in [0.5, 0.6) is 0 Å². The van der Waals surface area contributed by atoms with Crippen LogP contribution in [0.25, 0.3) is 0 Å². The average Bonchev–Trinajstić information content (AvgIpc) is 3.44. The average molecular weight is 309 g/mol. The Morgan fingerprint density at radius 1 is 1.09 bits per heavy atom. The molecule has 2 aromatic rings. The zero-order valence-corrected chi connectivity index (χ0v) is 13.4. The Morgan fingerprint density at radius 3 is 2.30 bits per heavy atom. The van der Waals surface area contributed by atoms with E-state index in [0.717, 1.165) is 5.56 Å². The zero-order chi connectivity index (χ0) is 16.1. The molecule has 0 unspecified atom stereocenters. The summed E-state index contributed by atoms with van der Waals surface area (Å²) >= 11 is 0. The molecule has 1 N–H and O–H groups in total. The highest BCUT2D eigenvalue weighted by Gasteiger charge is 2.34. The van der Waals surface area contributed by atoms with Gasteiger partial charge in [0.05, 0.1) is 12.6 Å². The standard InChI is InChI=1S/C20H23NO2/c1-15(23-14-16-8-4-2-5-9-16)20(22)21-19(18-12-13-18)17-10-6-3-7-11-17/h2-11,15,18-19H,12-14H2,1H3,(H,21,22)/t15-,19-/m0/s1. The van der Waals surface area contributed by atoms with Gasteiger partial charge >= 0.3 is 0 Å². The summed E-state index contributed by atoms with van der Waals surface area (Å²) in [5.74, 6) is 0.518. The van der Waals surface area contributed by atoms with E-state index in [-0.39, 0.29) is 11.9 Å². The molecule has 1 aliphatic carbocycles. The number of nitrogens with one attached hydrogen (secondary N) is 1. The SMILES string of the molecule is C[C@H](OCc1ccccc1)C(=O)N[C@@H](c1ccccc1)C1CC1. The number of ether oxygens (including phenoxy) is 1. The third kappa shape index (κ3) is 4.42. The molecule has 0 spiro atoms. The maximum Gasteiger partial charge on any atom is 0.249 e. The second-order valence-electron chi connectivity index (χ2n) is 6.17. The Balaban J connectivity index is 1.56. The molecule has 0 aromatic heterocycles. The Labute approximate surface area is 137 Å². The summed E-state index contributed by atoms with van der Waals surface area (Å²) in [6.07, 6.45) is 1.90. The van der Waals surface area contributed by atoms with Gasteiger partial charge in [0.1, 0.15) is 6.10 Å². The minimum absolute atomic E-state index is 0.0401. The maximum absolute atomic E-state index is 12.4. The van der Waals surface area contributed by atoms with E-state index in [9.17, 15) is 4.79 Å². The van der Waals surface area contributed by atoms with Crippen LogP contribution >= 0.6 is 0 Å². The number of amides is 1. The van der Waals surface area contributed by atoms with E-state index in [1.54, 1.807) is 0 Å². The lowest BCUT2D eigenvalue weighted by Crippen LogP contribution is -2.37. The first-order valence-corrected chi connectivity index (χ1v) is 8.25. The highest BCUT2D eigenvalue weighted by atomic mass is 16.5. The molecule has 0 saturated heterocycles. The van der Waals surface area contributed by atoms with Crippen molar-refractivity contribution in [3.8, 4) is 0 Å². The van der Waals surface area contributed by atoms with Gasteiger partial charge in [-0.25, -0.2) is 0 Å². The molecule has 2 atom stereocenters. The molecule has 120 valence electrons. The van der Waals surface area contributed by atoms with Crippen molar-refractivity contribution < 1.29 is 9.53 Å². The van der Waals surface area contributed by atoms with E-state index in [0.29, 0.717) is 12.5 Å². The fourth-order valence-electron chi connectivity index (χ4n) is 2.71. The fourth-order valence-corrected chi connectivity index (χ4v) is 2.71. The zero-order valence-electron chi connectivity index (χ0n) is 13.4. The Hall–Kier alpha value is -2.13. The summed E-state index contributed by atoms with van der Waals surface area (Å²) < 4.78 is 5.71. The Morgan fingerprint density at radius 2 is 1.70 bits per heavy atom. The molecule has 1 aliphatic rings. The largest absolute Gasteiger partial charge is 0.364 e. The molecule has 0 heterocycles. The predicted molar refractivity (Wildman–Crippen MR) is 90.7 cm³/mol. The van der Waals surface area contributed by atoms with Crippen LogP contribution in [0, 0.1) is 5.92 Å². The van der Waals surface area contributed by atoms with E-state index in [2.05, 4.69) is 17.4 Å². The predicted octanol–water partition coefficient (Wildman–Crippen LogP) is 3.86. The quantitative estimate of drug-likeness (QED) is 0.843. The van der Waals surface area contributed by atoms with Crippen LogP contribution in [-0.4, -0.2) is 12.0 Å². The van der Waals surface area contributed by atoms with E-state index in [4.69, 9.17) is 4.74 Å². The van der Waals surface area contributed by atoms with E-state index in [1.165, 1.54) is 18.4 Å². The second-order valence-corrected chi connectivity index (χ2v) is 6.17. The van der Waals surface area contributed by atoms with Crippen molar-refractivity contribution in [2.24, 2.45) is 5.92 Å². The lowest BCUT2D eigenvalue weighted by molar-refractivity contribution is -0.133. The van der Waals surface area contributed by atoms with Crippen molar-refractivity contribution in [1.82, 2.24) is 5.32 Å². The van der Waals surface area contributed by atoms with E-state index >= 15 is 0 Å². The fraction of sp³-hybridized carbons (Fsp3) is 0.350. The van der Waals surface area contributed by atoms with Crippen LogP contribution in [0.3, 0.4) is 0 Å². The van der Waals surface area contributed by atoms with Gasteiger partial charge in [0.15, 0.2) is 0 Å². The molecule has 0 bridgehead atoms. The monoisotopic (exact) mass is 309 g/mol. The number of hydrogen-bond donors (Lipinski definition) is 1. The summed E-state index contributed by atoms with van der Waals surface area (Å²) in [5.41, 5.74) is 2.26. The number of carbonyl (C=O) groups excluding carboxylic acids is 1. The summed E-state index contributed by atoms with van der Waals surface area (Å²) in [6, 6.07) is 20.2. The number of benzene rings is 2. The first-order chi connectivity index (χ1) is 11.2. The molecule has 3 heteroatoms. The minimum Gasteiger partial charge on any atom is -0.364 e. The summed E-state index contributed by atoms with van der Waals surface area (Å²) in [5, 5.41) is 3.17. The third-order valence-electron chi connectivity index (χ3n) is 4.26.